The number of nitrogens with zero attached hydrogens (tertiary/aromatic N) is 5. The van der Waals surface area contributed by atoms with Crippen molar-refractivity contribution < 1.29 is 0 Å². The highest BCUT2D eigenvalue weighted by Crippen LogP contribution is 1.94. The van der Waals surface area contributed by atoms with E-state index in [2.05, 4.69) is 15.0 Å². The fourth-order valence-electron chi connectivity index (χ4n) is 0.837. The van der Waals surface area contributed by atoms with Crippen molar-refractivity contribution in [1.82, 2.24) is 9.55 Å². The van der Waals surface area contributed by atoms with E-state index in [-0.39, 0.29) is 12.4 Å². The summed E-state index contributed by atoms with van der Waals surface area (Å²) in [5, 5.41) is 3.42. The van der Waals surface area contributed by atoms with E-state index in [9.17, 15) is 0 Å². The Kier molecular flexibility index (Phi) is 4.92. The maximum atomic E-state index is 8.00. The van der Waals surface area contributed by atoms with E-state index in [4.69, 9.17) is 5.53 Å². The Morgan fingerprint density at radius 1 is 1.75 bits per heavy atom. The fraction of sp³-hybridized carbons (Fsp3) is 0.500. The van der Waals surface area contributed by atoms with Crippen LogP contribution in [-0.4, -0.2) is 16.1 Å². The second kappa shape index (κ2) is 5.46. The van der Waals surface area contributed by atoms with Gasteiger partial charge in [0.1, 0.15) is 5.82 Å². The standard InChI is InChI=1S/C6H9N5.ClH/c1-6-8-2-4-11(6)5-3-9-10-7;/h2,4H,3,5H2,1H3;1H. The predicted molar refractivity (Wildman–Crippen MR) is 48.2 cm³/mol. The van der Waals surface area contributed by atoms with Crippen LogP contribution in [0.1, 0.15) is 5.82 Å². The molecule has 6 heteroatoms. The zero-order valence-corrected chi connectivity index (χ0v) is 7.53. The molecule has 0 aliphatic heterocycles. The summed E-state index contributed by atoms with van der Waals surface area (Å²) in [7, 11) is 0. The summed E-state index contributed by atoms with van der Waals surface area (Å²) in [5.74, 6) is 0.943. The smallest absolute Gasteiger partial charge is 0.105 e. The average molecular weight is 188 g/mol. The van der Waals surface area contributed by atoms with Gasteiger partial charge in [-0.2, -0.15) is 0 Å². The Morgan fingerprint density at radius 2 is 2.50 bits per heavy atom. The van der Waals surface area contributed by atoms with Crippen molar-refractivity contribution >= 4 is 12.4 Å². The Bertz CT molecular complexity index is 275. The first kappa shape index (κ1) is 10.8. The number of hydrogen-bond donors (Lipinski definition) is 0. The Hall–Kier alpha value is -1.19. The molecule has 0 unspecified atom stereocenters. The van der Waals surface area contributed by atoms with Gasteiger partial charge in [-0.15, -0.1) is 12.4 Å². The van der Waals surface area contributed by atoms with E-state index in [1.807, 2.05) is 17.7 Å². The van der Waals surface area contributed by atoms with Crippen LogP contribution in [-0.2, 0) is 6.54 Å². The lowest BCUT2D eigenvalue weighted by atomic mass is 10.6. The lowest BCUT2D eigenvalue weighted by Crippen LogP contribution is -2.01. The molecule has 0 aliphatic carbocycles. The van der Waals surface area contributed by atoms with Gasteiger partial charge in [-0.3, -0.25) is 0 Å². The Morgan fingerprint density at radius 3 is 3.00 bits per heavy atom. The van der Waals surface area contributed by atoms with Gasteiger partial charge in [0.15, 0.2) is 0 Å². The lowest BCUT2D eigenvalue weighted by Gasteiger charge is -1.99. The molecular weight excluding hydrogens is 178 g/mol. The van der Waals surface area contributed by atoms with Crippen LogP contribution in [0.3, 0.4) is 0 Å². The van der Waals surface area contributed by atoms with Crippen LogP contribution in [0.15, 0.2) is 17.5 Å². The first-order valence-electron chi connectivity index (χ1n) is 3.33. The molecule has 0 bridgehead atoms. The van der Waals surface area contributed by atoms with Crippen molar-refractivity contribution in [2.24, 2.45) is 5.11 Å². The van der Waals surface area contributed by atoms with Gasteiger partial charge < -0.3 is 4.57 Å². The van der Waals surface area contributed by atoms with Crippen molar-refractivity contribution in [1.29, 1.82) is 0 Å². The highest BCUT2D eigenvalue weighted by atomic mass is 35.5. The van der Waals surface area contributed by atoms with Gasteiger partial charge in [0.25, 0.3) is 0 Å². The van der Waals surface area contributed by atoms with E-state index >= 15 is 0 Å². The average Bonchev–Trinajstić information content (AvgIpc) is 2.37. The van der Waals surface area contributed by atoms with Gasteiger partial charge in [-0.1, -0.05) is 5.11 Å². The molecule has 1 rings (SSSR count). The van der Waals surface area contributed by atoms with Crippen LogP contribution in [0.5, 0.6) is 0 Å². The summed E-state index contributed by atoms with van der Waals surface area (Å²) in [6, 6.07) is 0. The molecule has 66 valence electrons. The number of halogens is 1. The number of imidazole rings is 1. The molecule has 0 aliphatic rings. The summed E-state index contributed by atoms with van der Waals surface area (Å²) in [4.78, 5) is 6.68. The third-order valence-corrected chi connectivity index (χ3v) is 1.43. The first-order chi connectivity index (χ1) is 5.34. The third-order valence-electron chi connectivity index (χ3n) is 1.43. The minimum absolute atomic E-state index is 0. The van der Waals surface area contributed by atoms with Crippen molar-refractivity contribution in [3.8, 4) is 0 Å². The predicted octanol–water partition coefficient (Wildman–Crippen LogP) is 1.92. The first-order valence-corrected chi connectivity index (χ1v) is 3.33. The Labute approximate surface area is 76.5 Å². The highest BCUT2D eigenvalue weighted by molar-refractivity contribution is 5.85. The number of hydrogen-bond acceptors (Lipinski definition) is 2. The molecule has 12 heavy (non-hydrogen) atoms. The van der Waals surface area contributed by atoms with Crippen molar-refractivity contribution in [3.05, 3.63) is 28.7 Å². The van der Waals surface area contributed by atoms with Crippen molar-refractivity contribution in [2.45, 2.75) is 13.5 Å². The highest BCUT2D eigenvalue weighted by Gasteiger charge is 1.92. The van der Waals surface area contributed by atoms with Crippen molar-refractivity contribution in [2.75, 3.05) is 6.54 Å². The van der Waals surface area contributed by atoms with E-state index in [1.54, 1.807) is 6.20 Å². The minimum atomic E-state index is 0. The summed E-state index contributed by atoms with van der Waals surface area (Å²) in [5.41, 5.74) is 8.00. The number of azide groups is 1. The summed E-state index contributed by atoms with van der Waals surface area (Å²) >= 11 is 0. The largest absolute Gasteiger partial charge is 0.335 e. The zero-order chi connectivity index (χ0) is 8.10. The number of aryl methyl sites for hydroxylation is 1. The van der Waals surface area contributed by atoms with Crippen LogP contribution < -0.4 is 0 Å². The molecule has 0 spiro atoms. The molecule has 1 heterocycles. The Balaban J connectivity index is 0.00000121. The van der Waals surface area contributed by atoms with E-state index in [0.29, 0.717) is 13.1 Å². The monoisotopic (exact) mass is 187 g/mol. The van der Waals surface area contributed by atoms with E-state index in [1.165, 1.54) is 0 Å². The van der Waals surface area contributed by atoms with Gasteiger partial charge in [0.05, 0.1) is 0 Å². The molecule has 0 radical (unpaired) electrons. The molecule has 0 aromatic carbocycles. The van der Waals surface area contributed by atoms with Gasteiger partial charge in [0.2, 0.25) is 0 Å². The maximum Gasteiger partial charge on any atom is 0.105 e. The van der Waals surface area contributed by atoms with Gasteiger partial charge in [-0.25, -0.2) is 4.98 Å². The van der Waals surface area contributed by atoms with Crippen molar-refractivity contribution in [3.63, 3.8) is 0 Å². The molecule has 0 saturated carbocycles. The van der Waals surface area contributed by atoms with Crippen LogP contribution in [0, 0.1) is 6.92 Å². The number of aromatic nitrogens is 2. The van der Waals surface area contributed by atoms with Gasteiger partial charge in [0, 0.05) is 30.4 Å². The third kappa shape index (κ3) is 2.82. The quantitative estimate of drug-likeness (QED) is 0.405. The van der Waals surface area contributed by atoms with E-state index in [0.717, 1.165) is 5.82 Å². The topological polar surface area (TPSA) is 66.6 Å². The molecule has 0 saturated heterocycles. The summed E-state index contributed by atoms with van der Waals surface area (Å²) in [6.45, 7) is 3.10. The molecule has 0 atom stereocenters. The minimum Gasteiger partial charge on any atom is -0.335 e. The number of rotatable bonds is 3. The molecule has 0 fully saturated rings. The fourth-order valence-corrected chi connectivity index (χ4v) is 0.837. The maximum absolute atomic E-state index is 8.00. The van der Waals surface area contributed by atoms with Gasteiger partial charge >= 0.3 is 0 Å². The van der Waals surface area contributed by atoms with Crippen LogP contribution in [0.2, 0.25) is 0 Å². The van der Waals surface area contributed by atoms with Crippen LogP contribution in [0.25, 0.3) is 10.4 Å². The molecule has 0 amide bonds. The van der Waals surface area contributed by atoms with Gasteiger partial charge in [-0.05, 0) is 12.5 Å². The molecule has 1 aromatic rings. The molecular formula is C6H10ClN5. The zero-order valence-electron chi connectivity index (χ0n) is 6.71. The molecule has 5 nitrogen and oxygen atoms in total. The molecule has 1 aromatic heterocycles. The summed E-state index contributed by atoms with van der Waals surface area (Å²) < 4.78 is 1.94. The van der Waals surface area contributed by atoms with E-state index < -0.39 is 0 Å². The van der Waals surface area contributed by atoms with Crippen LogP contribution in [0.4, 0.5) is 0 Å². The second-order valence-corrected chi connectivity index (χ2v) is 2.12. The normalized spacial score (nSPS) is 8.42. The molecule has 0 N–H and O–H groups in total. The summed E-state index contributed by atoms with van der Waals surface area (Å²) in [6.07, 6.45) is 3.59. The lowest BCUT2D eigenvalue weighted by molar-refractivity contribution is 0.682. The SMILES string of the molecule is Cc1nccn1CCN=[N+]=[N-].Cl. The van der Waals surface area contributed by atoms with Crippen LogP contribution >= 0.6 is 12.4 Å². The second-order valence-electron chi connectivity index (χ2n) is 2.12.